The summed E-state index contributed by atoms with van der Waals surface area (Å²) in [6.45, 7) is 5.93. The van der Waals surface area contributed by atoms with Crippen molar-refractivity contribution in [3.8, 4) is 0 Å². The number of benzene rings is 1. The van der Waals surface area contributed by atoms with Gasteiger partial charge in [-0.3, -0.25) is 0 Å². The van der Waals surface area contributed by atoms with Gasteiger partial charge in [-0.15, -0.1) is 11.3 Å². The Labute approximate surface area is 124 Å². The van der Waals surface area contributed by atoms with Crippen molar-refractivity contribution >= 4 is 31.4 Å². The van der Waals surface area contributed by atoms with Crippen molar-refractivity contribution in [3.05, 3.63) is 29.1 Å². The Morgan fingerprint density at radius 2 is 1.95 bits per heavy atom. The maximum Gasteiger partial charge on any atom is 0.242 e. The van der Waals surface area contributed by atoms with E-state index in [4.69, 9.17) is 5.73 Å². The number of hydrogen-bond acceptors (Lipinski definition) is 4. The Morgan fingerprint density at radius 3 is 2.55 bits per heavy atom. The third-order valence-corrected chi connectivity index (χ3v) is 6.51. The highest BCUT2D eigenvalue weighted by Gasteiger charge is 2.29. The average Bonchev–Trinajstić information content (AvgIpc) is 2.76. The molecule has 6 heteroatoms. The van der Waals surface area contributed by atoms with E-state index in [0.717, 1.165) is 10.1 Å². The van der Waals surface area contributed by atoms with Crippen LogP contribution in [0, 0.1) is 0 Å². The van der Waals surface area contributed by atoms with Crippen LogP contribution >= 0.6 is 11.3 Å². The zero-order valence-electron chi connectivity index (χ0n) is 11.9. The highest BCUT2D eigenvalue weighted by atomic mass is 32.2. The van der Waals surface area contributed by atoms with Crippen LogP contribution in [0.4, 0.5) is 0 Å². The monoisotopic (exact) mass is 312 g/mol. The van der Waals surface area contributed by atoms with Crippen molar-refractivity contribution in [2.24, 2.45) is 5.73 Å². The van der Waals surface area contributed by atoms with Gasteiger partial charge in [0.1, 0.15) is 4.90 Å². The van der Waals surface area contributed by atoms with E-state index in [-0.39, 0.29) is 6.54 Å². The van der Waals surface area contributed by atoms with E-state index < -0.39 is 15.6 Å². The highest BCUT2D eigenvalue weighted by molar-refractivity contribution is 7.90. The summed E-state index contributed by atoms with van der Waals surface area (Å²) in [6.07, 6.45) is 0.715. The van der Waals surface area contributed by atoms with Crippen molar-refractivity contribution < 1.29 is 8.42 Å². The van der Waals surface area contributed by atoms with Gasteiger partial charge >= 0.3 is 0 Å². The first-order valence-electron chi connectivity index (χ1n) is 6.55. The Morgan fingerprint density at radius 1 is 1.30 bits per heavy atom. The number of nitrogens with two attached hydrogens (primary N) is 1. The van der Waals surface area contributed by atoms with E-state index in [2.05, 4.69) is 4.72 Å². The van der Waals surface area contributed by atoms with Crippen molar-refractivity contribution in [1.82, 2.24) is 4.72 Å². The number of fused-ring (bicyclic) bond motifs is 1. The minimum absolute atomic E-state index is 0.224. The van der Waals surface area contributed by atoms with Gasteiger partial charge in [0.05, 0.1) is 0 Å². The molecule has 0 fully saturated rings. The number of sulfonamides is 1. The molecule has 0 saturated carbocycles. The molecule has 0 aliphatic carbocycles. The molecule has 110 valence electrons. The summed E-state index contributed by atoms with van der Waals surface area (Å²) < 4.78 is 29.1. The van der Waals surface area contributed by atoms with E-state index in [1.54, 1.807) is 0 Å². The number of thiophene rings is 1. The summed E-state index contributed by atoms with van der Waals surface area (Å²) in [5.74, 6) is 0. The second kappa shape index (κ2) is 5.44. The van der Waals surface area contributed by atoms with Gasteiger partial charge in [-0.25, -0.2) is 13.1 Å². The molecule has 0 aliphatic heterocycles. The van der Waals surface area contributed by atoms with Crippen LogP contribution in [0.3, 0.4) is 0 Å². The number of nitrogens with one attached hydrogen (secondary N) is 1. The first kappa shape index (κ1) is 15.4. The van der Waals surface area contributed by atoms with Crippen molar-refractivity contribution in [1.29, 1.82) is 0 Å². The predicted octanol–water partition coefficient (Wildman–Crippen LogP) is 2.83. The Balaban J connectivity index is 2.62. The predicted molar refractivity (Wildman–Crippen MR) is 84.4 cm³/mol. The topological polar surface area (TPSA) is 72.2 Å². The summed E-state index contributed by atoms with van der Waals surface area (Å²) in [5, 5.41) is 0.748. The van der Waals surface area contributed by atoms with Crippen LogP contribution in [0.15, 0.2) is 29.2 Å². The lowest BCUT2D eigenvalue weighted by Gasteiger charge is -2.24. The molecule has 0 saturated heterocycles. The fraction of sp³-hybridized carbons (Fsp3) is 0.429. The maximum atomic E-state index is 12.7. The van der Waals surface area contributed by atoms with Crippen molar-refractivity contribution in [2.75, 3.05) is 0 Å². The molecular formula is C14H20N2O2S2. The molecule has 2 aromatic rings. The van der Waals surface area contributed by atoms with Gasteiger partial charge in [0, 0.05) is 27.0 Å². The van der Waals surface area contributed by atoms with E-state index in [0.29, 0.717) is 16.2 Å². The van der Waals surface area contributed by atoms with E-state index in [1.165, 1.54) is 11.3 Å². The van der Waals surface area contributed by atoms with Gasteiger partial charge < -0.3 is 5.73 Å². The lowest BCUT2D eigenvalue weighted by Crippen LogP contribution is -2.42. The van der Waals surface area contributed by atoms with Gasteiger partial charge in [-0.2, -0.15) is 0 Å². The number of rotatable bonds is 5. The standard InChI is InChI=1S/C14H20N2O2S2/c1-4-14(2,3)16-20(17,18)13-10-7-5-6-8-11(10)19-12(13)9-15/h5-8,16H,4,9,15H2,1-3H3. The fourth-order valence-corrected chi connectivity index (χ4v) is 5.31. The summed E-state index contributed by atoms with van der Waals surface area (Å²) in [7, 11) is -3.58. The first-order valence-corrected chi connectivity index (χ1v) is 8.85. The zero-order valence-corrected chi connectivity index (χ0v) is 13.6. The molecule has 1 aromatic heterocycles. The molecule has 20 heavy (non-hydrogen) atoms. The summed E-state index contributed by atoms with van der Waals surface area (Å²) in [6, 6.07) is 7.50. The lowest BCUT2D eigenvalue weighted by atomic mass is 10.0. The molecule has 1 heterocycles. The molecule has 4 nitrogen and oxygen atoms in total. The highest BCUT2D eigenvalue weighted by Crippen LogP contribution is 2.34. The van der Waals surface area contributed by atoms with E-state index in [9.17, 15) is 8.42 Å². The molecule has 3 N–H and O–H groups in total. The molecule has 0 spiro atoms. The molecule has 1 aromatic carbocycles. The van der Waals surface area contributed by atoms with Crippen LogP contribution < -0.4 is 10.5 Å². The normalized spacial score (nSPS) is 13.0. The van der Waals surface area contributed by atoms with Crippen molar-refractivity contribution in [2.45, 2.75) is 44.2 Å². The summed E-state index contributed by atoms with van der Waals surface area (Å²) >= 11 is 1.44. The molecule has 0 bridgehead atoms. The van der Waals surface area contributed by atoms with Crippen LogP contribution in [-0.4, -0.2) is 14.0 Å². The quantitative estimate of drug-likeness (QED) is 0.891. The largest absolute Gasteiger partial charge is 0.326 e. The minimum atomic E-state index is -3.58. The molecule has 0 radical (unpaired) electrons. The van der Waals surface area contributed by atoms with Crippen LogP contribution in [0.5, 0.6) is 0 Å². The summed E-state index contributed by atoms with van der Waals surface area (Å²) in [4.78, 5) is 1.03. The van der Waals surface area contributed by atoms with Crippen molar-refractivity contribution in [3.63, 3.8) is 0 Å². The third-order valence-electron chi connectivity index (χ3n) is 3.37. The van der Waals surface area contributed by atoms with Crippen LogP contribution in [0.2, 0.25) is 0 Å². The van der Waals surface area contributed by atoms with Gasteiger partial charge in [-0.05, 0) is 26.3 Å². The number of hydrogen-bond donors (Lipinski definition) is 2. The van der Waals surface area contributed by atoms with Gasteiger partial charge in [0.15, 0.2) is 0 Å². The van der Waals surface area contributed by atoms with Crippen LogP contribution in [-0.2, 0) is 16.6 Å². The molecular weight excluding hydrogens is 292 g/mol. The Hall–Kier alpha value is -0.950. The van der Waals surface area contributed by atoms with Crippen LogP contribution in [0.25, 0.3) is 10.1 Å². The third kappa shape index (κ3) is 2.88. The Bertz CT molecular complexity index is 718. The smallest absolute Gasteiger partial charge is 0.242 e. The fourth-order valence-electron chi connectivity index (χ4n) is 1.99. The summed E-state index contributed by atoms with van der Waals surface area (Å²) in [5.41, 5.74) is 5.25. The van der Waals surface area contributed by atoms with Gasteiger partial charge in [-0.1, -0.05) is 25.1 Å². The molecule has 0 atom stereocenters. The van der Waals surface area contributed by atoms with Gasteiger partial charge in [0.25, 0.3) is 0 Å². The molecule has 0 amide bonds. The molecule has 2 rings (SSSR count). The Kier molecular flexibility index (Phi) is 4.20. The first-order chi connectivity index (χ1) is 9.30. The molecule has 0 unspecified atom stereocenters. The second-order valence-electron chi connectivity index (χ2n) is 5.40. The van der Waals surface area contributed by atoms with Gasteiger partial charge in [0.2, 0.25) is 10.0 Å². The average molecular weight is 312 g/mol. The SMILES string of the molecule is CCC(C)(C)NS(=O)(=O)c1c(CN)sc2ccccc12. The zero-order chi connectivity index (χ0) is 15.0. The van der Waals surface area contributed by atoms with E-state index >= 15 is 0 Å². The van der Waals surface area contributed by atoms with Crippen LogP contribution in [0.1, 0.15) is 32.1 Å². The van der Waals surface area contributed by atoms with E-state index in [1.807, 2.05) is 45.0 Å². The molecule has 0 aliphatic rings. The minimum Gasteiger partial charge on any atom is -0.326 e. The maximum absolute atomic E-state index is 12.7. The lowest BCUT2D eigenvalue weighted by molar-refractivity contribution is 0.439. The second-order valence-corrected chi connectivity index (χ2v) is 8.15.